The second-order valence-corrected chi connectivity index (χ2v) is 6.11. The predicted octanol–water partition coefficient (Wildman–Crippen LogP) is 2.64. The van der Waals surface area contributed by atoms with Gasteiger partial charge in [-0.05, 0) is 42.3 Å². The van der Waals surface area contributed by atoms with Crippen LogP contribution in [0.3, 0.4) is 0 Å². The molecule has 1 aliphatic heterocycles. The Hall–Kier alpha value is -2.44. The van der Waals surface area contributed by atoms with Gasteiger partial charge in [-0.3, -0.25) is 0 Å². The van der Waals surface area contributed by atoms with Crippen molar-refractivity contribution in [2.24, 2.45) is 0 Å². The standard InChI is InChI=1S/C20H25NO5/c1-23-15-7-5-12(11-17(15)25-3)19(22)18-13-6-8-16(24-2)20(26-4)14(13)9-10-21-18/h5-8,11,18-19,21-22H,9-10H2,1-4H3/t18-,19-/m1/s1. The highest BCUT2D eigenvalue weighted by Gasteiger charge is 2.30. The van der Waals surface area contributed by atoms with Gasteiger partial charge in [0.2, 0.25) is 0 Å². The van der Waals surface area contributed by atoms with Gasteiger partial charge in [0, 0.05) is 5.56 Å². The minimum atomic E-state index is -0.744. The fourth-order valence-corrected chi connectivity index (χ4v) is 3.53. The Bertz CT molecular complexity index is 777. The van der Waals surface area contributed by atoms with E-state index in [0.717, 1.165) is 35.4 Å². The Morgan fingerprint density at radius 1 is 0.923 bits per heavy atom. The first kappa shape index (κ1) is 18.4. The third-order valence-corrected chi connectivity index (χ3v) is 4.82. The van der Waals surface area contributed by atoms with Crippen LogP contribution in [0.15, 0.2) is 30.3 Å². The smallest absolute Gasteiger partial charge is 0.164 e. The van der Waals surface area contributed by atoms with Crippen molar-refractivity contribution >= 4 is 0 Å². The van der Waals surface area contributed by atoms with Gasteiger partial charge in [-0.15, -0.1) is 0 Å². The highest BCUT2D eigenvalue weighted by Crippen LogP contribution is 2.42. The van der Waals surface area contributed by atoms with Crippen LogP contribution in [-0.2, 0) is 6.42 Å². The number of methoxy groups -OCH3 is 4. The Balaban J connectivity index is 1.99. The molecule has 0 fully saturated rings. The van der Waals surface area contributed by atoms with Crippen molar-refractivity contribution in [1.82, 2.24) is 5.32 Å². The van der Waals surface area contributed by atoms with Gasteiger partial charge in [0.05, 0.1) is 40.6 Å². The van der Waals surface area contributed by atoms with E-state index in [9.17, 15) is 5.11 Å². The van der Waals surface area contributed by atoms with Gasteiger partial charge in [0.1, 0.15) is 0 Å². The van der Waals surface area contributed by atoms with E-state index in [0.29, 0.717) is 17.2 Å². The molecule has 0 amide bonds. The summed E-state index contributed by atoms with van der Waals surface area (Å²) in [5.41, 5.74) is 2.83. The van der Waals surface area contributed by atoms with Crippen LogP contribution in [0, 0.1) is 0 Å². The third-order valence-electron chi connectivity index (χ3n) is 4.82. The van der Waals surface area contributed by atoms with Gasteiger partial charge in [0.15, 0.2) is 23.0 Å². The van der Waals surface area contributed by atoms with Crippen LogP contribution >= 0.6 is 0 Å². The zero-order valence-corrected chi connectivity index (χ0v) is 15.5. The zero-order chi connectivity index (χ0) is 18.7. The van der Waals surface area contributed by atoms with Crippen molar-refractivity contribution in [1.29, 1.82) is 0 Å². The summed E-state index contributed by atoms with van der Waals surface area (Å²) in [6.45, 7) is 0.742. The van der Waals surface area contributed by atoms with Crippen molar-refractivity contribution < 1.29 is 24.1 Å². The van der Waals surface area contributed by atoms with E-state index in [2.05, 4.69) is 5.32 Å². The maximum Gasteiger partial charge on any atom is 0.164 e. The van der Waals surface area contributed by atoms with Crippen LogP contribution in [0.25, 0.3) is 0 Å². The summed E-state index contributed by atoms with van der Waals surface area (Å²) < 4.78 is 21.6. The molecule has 140 valence electrons. The third kappa shape index (κ3) is 3.18. The summed E-state index contributed by atoms with van der Waals surface area (Å²) in [7, 11) is 6.44. The highest BCUT2D eigenvalue weighted by atomic mass is 16.5. The summed E-state index contributed by atoms with van der Waals surface area (Å²) >= 11 is 0. The second kappa shape index (κ2) is 7.85. The number of ether oxygens (including phenoxy) is 4. The minimum Gasteiger partial charge on any atom is -0.493 e. The number of aliphatic hydroxyl groups is 1. The molecule has 0 saturated heterocycles. The maximum absolute atomic E-state index is 11.0. The lowest BCUT2D eigenvalue weighted by Crippen LogP contribution is -2.34. The lowest BCUT2D eigenvalue weighted by molar-refractivity contribution is 0.124. The van der Waals surface area contributed by atoms with Gasteiger partial charge in [-0.25, -0.2) is 0 Å². The number of benzene rings is 2. The Morgan fingerprint density at radius 3 is 2.27 bits per heavy atom. The first-order valence-electron chi connectivity index (χ1n) is 8.51. The molecule has 0 bridgehead atoms. The molecule has 0 radical (unpaired) electrons. The first-order chi connectivity index (χ1) is 12.6. The van der Waals surface area contributed by atoms with E-state index in [4.69, 9.17) is 18.9 Å². The fourth-order valence-electron chi connectivity index (χ4n) is 3.53. The molecule has 2 N–H and O–H groups in total. The SMILES string of the molecule is COc1ccc([C@@H](O)[C@@H]2NCCc3c2ccc(OC)c3OC)cc1OC. The molecule has 0 aromatic heterocycles. The summed E-state index contributed by atoms with van der Waals surface area (Å²) in [5, 5.41) is 14.4. The van der Waals surface area contributed by atoms with Crippen LogP contribution in [0.1, 0.15) is 28.8 Å². The molecule has 2 aromatic rings. The molecule has 0 aliphatic carbocycles. The number of hydrogen-bond acceptors (Lipinski definition) is 6. The molecular weight excluding hydrogens is 334 g/mol. The van der Waals surface area contributed by atoms with Crippen LogP contribution in [-0.4, -0.2) is 40.1 Å². The molecule has 2 aromatic carbocycles. The number of aliphatic hydroxyl groups excluding tert-OH is 1. The largest absolute Gasteiger partial charge is 0.493 e. The number of nitrogens with one attached hydrogen (secondary N) is 1. The van der Waals surface area contributed by atoms with E-state index in [1.807, 2.05) is 18.2 Å². The molecule has 0 unspecified atom stereocenters. The van der Waals surface area contributed by atoms with Gasteiger partial charge in [-0.1, -0.05) is 12.1 Å². The topological polar surface area (TPSA) is 69.2 Å². The van der Waals surface area contributed by atoms with Crippen LogP contribution in [0.2, 0.25) is 0 Å². The summed E-state index contributed by atoms with van der Waals surface area (Å²) in [4.78, 5) is 0. The predicted molar refractivity (Wildman–Crippen MR) is 98.5 cm³/mol. The Kier molecular flexibility index (Phi) is 5.54. The van der Waals surface area contributed by atoms with E-state index < -0.39 is 6.10 Å². The zero-order valence-electron chi connectivity index (χ0n) is 15.5. The van der Waals surface area contributed by atoms with Gasteiger partial charge in [-0.2, -0.15) is 0 Å². The molecular formula is C20H25NO5. The lowest BCUT2D eigenvalue weighted by atomic mass is 9.87. The second-order valence-electron chi connectivity index (χ2n) is 6.11. The van der Waals surface area contributed by atoms with Gasteiger partial charge in [0.25, 0.3) is 0 Å². The monoisotopic (exact) mass is 359 g/mol. The van der Waals surface area contributed by atoms with Crippen molar-refractivity contribution in [2.45, 2.75) is 18.6 Å². The maximum atomic E-state index is 11.0. The molecule has 0 spiro atoms. The van der Waals surface area contributed by atoms with E-state index in [-0.39, 0.29) is 6.04 Å². The van der Waals surface area contributed by atoms with E-state index in [1.165, 1.54) is 0 Å². The summed E-state index contributed by atoms with van der Waals surface area (Å²) in [6.07, 6.45) is 0.0668. The average Bonchev–Trinajstić information content (AvgIpc) is 2.71. The molecule has 2 atom stereocenters. The van der Waals surface area contributed by atoms with Crippen molar-refractivity contribution in [3.63, 3.8) is 0 Å². The fraction of sp³-hybridized carbons (Fsp3) is 0.400. The molecule has 6 nitrogen and oxygen atoms in total. The van der Waals surface area contributed by atoms with Gasteiger partial charge >= 0.3 is 0 Å². The van der Waals surface area contributed by atoms with E-state index in [1.54, 1.807) is 40.6 Å². The number of hydrogen-bond donors (Lipinski definition) is 2. The highest BCUT2D eigenvalue weighted by molar-refractivity contribution is 5.53. The average molecular weight is 359 g/mol. The van der Waals surface area contributed by atoms with Crippen LogP contribution < -0.4 is 24.3 Å². The number of fused-ring (bicyclic) bond motifs is 1. The first-order valence-corrected chi connectivity index (χ1v) is 8.51. The van der Waals surface area contributed by atoms with E-state index >= 15 is 0 Å². The van der Waals surface area contributed by atoms with Crippen molar-refractivity contribution in [2.75, 3.05) is 35.0 Å². The van der Waals surface area contributed by atoms with Crippen molar-refractivity contribution in [3.8, 4) is 23.0 Å². The Morgan fingerprint density at radius 2 is 1.62 bits per heavy atom. The van der Waals surface area contributed by atoms with Crippen LogP contribution in [0.5, 0.6) is 23.0 Å². The molecule has 1 heterocycles. The molecule has 3 rings (SSSR count). The molecule has 26 heavy (non-hydrogen) atoms. The minimum absolute atomic E-state index is 0.253. The molecule has 0 saturated carbocycles. The number of rotatable bonds is 6. The quantitative estimate of drug-likeness (QED) is 0.826. The molecule has 6 heteroatoms. The Labute approximate surface area is 153 Å². The summed E-state index contributed by atoms with van der Waals surface area (Å²) in [5.74, 6) is 2.66. The van der Waals surface area contributed by atoms with Crippen molar-refractivity contribution in [3.05, 3.63) is 47.0 Å². The molecule has 1 aliphatic rings. The summed E-state index contributed by atoms with van der Waals surface area (Å²) in [6, 6.07) is 9.06. The van der Waals surface area contributed by atoms with Crippen LogP contribution in [0.4, 0.5) is 0 Å². The normalized spacial score (nSPS) is 17.2. The lowest BCUT2D eigenvalue weighted by Gasteiger charge is -2.32. The van der Waals surface area contributed by atoms with Gasteiger partial charge < -0.3 is 29.4 Å².